The second-order valence-electron chi connectivity index (χ2n) is 2.48. The first-order valence-corrected chi connectivity index (χ1v) is 3.58. The van der Waals surface area contributed by atoms with Crippen molar-refractivity contribution < 1.29 is 20.1 Å². The Morgan fingerprint density at radius 1 is 1.46 bits per heavy atom. The molecule has 0 aliphatic heterocycles. The first-order valence-electron chi connectivity index (χ1n) is 3.58. The van der Waals surface area contributed by atoms with Gasteiger partial charge in [-0.05, 0) is 12.2 Å². The summed E-state index contributed by atoms with van der Waals surface area (Å²) in [6.07, 6.45) is 3.87. The molecule has 1 aliphatic carbocycles. The molecule has 0 spiro atoms. The van der Waals surface area contributed by atoms with E-state index in [1.807, 2.05) is 0 Å². The Balaban J connectivity index is 2.91. The Morgan fingerprint density at radius 3 is 2.69 bits per heavy atom. The van der Waals surface area contributed by atoms with Crippen LogP contribution in [0.15, 0.2) is 41.1 Å². The van der Waals surface area contributed by atoms with Gasteiger partial charge in [-0.3, -0.25) is 0 Å². The fourth-order valence-electron chi connectivity index (χ4n) is 0.864. The third kappa shape index (κ3) is 2.54. The van der Waals surface area contributed by atoms with Gasteiger partial charge in [0.1, 0.15) is 0 Å². The number of allylic oxidation sites excluding steroid dienone is 2. The molecule has 4 nitrogen and oxygen atoms in total. The predicted octanol–water partition coefficient (Wildman–Crippen LogP) is 1.44. The lowest BCUT2D eigenvalue weighted by atomic mass is 10.1. The maximum absolute atomic E-state index is 10.1. The molecule has 0 fully saturated rings. The van der Waals surface area contributed by atoms with Crippen molar-refractivity contribution in [1.29, 1.82) is 0 Å². The standard InChI is InChI=1S/C9H8O4/c10-7-3-1-6(5-8(7)11)2-4-9(12)13/h3-5,10-11H,1H2,(H,12,13). The van der Waals surface area contributed by atoms with E-state index in [1.165, 1.54) is 12.2 Å². The fraction of sp³-hybridized carbons (Fsp3) is 0.111. The predicted molar refractivity (Wildman–Crippen MR) is 45.3 cm³/mol. The minimum absolute atomic E-state index is 0.194. The van der Waals surface area contributed by atoms with E-state index in [-0.39, 0.29) is 11.5 Å². The zero-order valence-corrected chi connectivity index (χ0v) is 6.69. The van der Waals surface area contributed by atoms with E-state index in [0.717, 1.165) is 6.08 Å². The molecule has 13 heavy (non-hydrogen) atoms. The molecule has 0 unspecified atom stereocenters. The Kier molecular flexibility index (Phi) is 2.57. The summed E-state index contributed by atoms with van der Waals surface area (Å²) < 4.78 is 0. The summed E-state index contributed by atoms with van der Waals surface area (Å²) in [5.74, 6) is -1.56. The van der Waals surface area contributed by atoms with Gasteiger partial charge in [0.2, 0.25) is 0 Å². The Bertz CT molecular complexity index is 354. The number of carboxylic acid groups (broad SMARTS) is 1. The summed E-state index contributed by atoms with van der Waals surface area (Å²) >= 11 is 0. The molecule has 68 valence electrons. The lowest BCUT2D eigenvalue weighted by Crippen LogP contribution is -1.94. The highest BCUT2D eigenvalue weighted by atomic mass is 16.4. The molecule has 0 heterocycles. The molecule has 0 atom stereocenters. The molecule has 1 rings (SSSR count). The lowest BCUT2D eigenvalue weighted by Gasteiger charge is -2.05. The lowest BCUT2D eigenvalue weighted by molar-refractivity contribution is -0.131. The maximum atomic E-state index is 10.1. The molecule has 1 aliphatic rings. The Labute approximate surface area is 74.4 Å². The van der Waals surface area contributed by atoms with Crippen LogP contribution in [0.25, 0.3) is 0 Å². The summed E-state index contributed by atoms with van der Waals surface area (Å²) in [7, 11) is 0. The van der Waals surface area contributed by atoms with Crippen LogP contribution in [0.2, 0.25) is 0 Å². The van der Waals surface area contributed by atoms with Crippen molar-refractivity contribution in [2.45, 2.75) is 6.42 Å². The summed E-state index contributed by atoms with van der Waals surface area (Å²) in [6.45, 7) is 0. The second-order valence-corrected chi connectivity index (χ2v) is 2.48. The van der Waals surface area contributed by atoms with Gasteiger partial charge in [-0.25, -0.2) is 4.79 Å². The summed E-state index contributed by atoms with van der Waals surface area (Å²) in [5, 5.41) is 26.3. The van der Waals surface area contributed by atoms with E-state index < -0.39 is 5.97 Å². The summed E-state index contributed by atoms with van der Waals surface area (Å²) in [4.78, 5) is 10.1. The highest BCUT2D eigenvalue weighted by Crippen LogP contribution is 2.17. The van der Waals surface area contributed by atoms with Crippen LogP contribution in [0, 0.1) is 0 Å². The third-order valence-electron chi connectivity index (χ3n) is 1.47. The van der Waals surface area contributed by atoms with Gasteiger partial charge >= 0.3 is 5.97 Å². The molecule has 0 aromatic heterocycles. The smallest absolute Gasteiger partial charge is 0.336 e. The van der Waals surface area contributed by atoms with E-state index in [9.17, 15) is 4.79 Å². The van der Waals surface area contributed by atoms with Crippen molar-refractivity contribution in [3.63, 3.8) is 0 Å². The van der Waals surface area contributed by atoms with E-state index in [2.05, 4.69) is 5.73 Å². The van der Waals surface area contributed by atoms with Gasteiger partial charge in [-0.1, -0.05) is 0 Å². The summed E-state index contributed by atoms with van der Waals surface area (Å²) in [5.41, 5.74) is 2.98. The quantitative estimate of drug-likeness (QED) is 0.421. The van der Waals surface area contributed by atoms with Crippen molar-refractivity contribution in [1.82, 2.24) is 0 Å². The molecule has 0 radical (unpaired) electrons. The van der Waals surface area contributed by atoms with Gasteiger partial charge in [0, 0.05) is 12.0 Å². The van der Waals surface area contributed by atoms with Crippen molar-refractivity contribution in [2.75, 3.05) is 0 Å². The molecule has 0 aromatic rings. The van der Waals surface area contributed by atoms with E-state index in [1.54, 1.807) is 0 Å². The van der Waals surface area contributed by atoms with Crippen molar-refractivity contribution in [3.8, 4) is 0 Å². The number of hydrogen-bond donors (Lipinski definition) is 3. The van der Waals surface area contributed by atoms with Crippen LogP contribution in [-0.2, 0) is 4.79 Å². The van der Waals surface area contributed by atoms with Gasteiger partial charge < -0.3 is 15.3 Å². The molecular weight excluding hydrogens is 172 g/mol. The summed E-state index contributed by atoms with van der Waals surface area (Å²) in [6, 6.07) is 0. The molecule has 0 aromatic carbocycles. The number of hydrogen-bond acceptors (Lipinski definition) is 3. The third-order valence-corrected chi connectivity index (χ3v) is 1.47. The molecule has 0 amide bonds. The maximum Gasteiger partial charge on any atom is 0.336 e. The Morgan fingerprint density at radius 2 is 2.15 bits per heavy atom. The van der Waals surface area contributed by atoms with Crippen molar-refractivity contribution >= 4 is 5.97 Å². The van der Waals surface area contributed by atoms with Gasteiger partial charge in [-0.2, -0.15) is 0 Å². The van der Waals surface area contributed by atoms with Crippen LogP contribution in [0.1, 0.15) is 6.42 Å². The molecule has 0 bridgehead atoms. The molecule has 0 saturated carbocycles. The minimum atomic E-state index is -1.10. The first kappa shape index (κ1) is 9.16. The SMILES string of the molecule is O=C(O)C=C=C1C=C(O)C(O)=CC1. The van der Waals surface area contributed by atoms with Crippen molar-refractivity contribution in [2.24, 2.45) is 0 Å². The highest BCUT2D eigenvalue weighted by Gasteiger charge is 2.07. The first-order chi connectivity index (χ1) is 6.09. The Hall–Kier alpha value is -1.93. The molecule has 4 heteroatoms. The van der Waals surface area contributed by atoms with Gasteiger partial charge in [0.25, 0.3) is 0 Å². The van der Waals surface area contributed by atoms with E-state index in [0.29, 0.717) is 12.0 Å². The van der Waals surface area contributed by atoms with Crippen LogP contribution < -0.4 is 0 Å². The van der Waals surface area contributed by atoms with Crippen LogP contribution >= 0.6 is 0 Å². The number of aliphatic hydroxyl groups is 2. The van der Waals surface area contributed by atoms with Gasteiger partial charge in [0.05, 0.1) is 6.08 Å². The largest absolute Gasteiger partial charge is 0.504 e. The van der Waals surface area contributed by atoms with Crippen LogP contribution in [0.3, 0.4) is 0 Å². The monoisotopic (exact) mass is 180 g/mol. The zero-order valence-electron chi connectivity index (χ0n) is 6.69. The average Bonchev–Trinajstić information content (AvgIpc) is 2.07. The topological polar surface area (TPSA) is 77.8 Å². The number of carbonyl (C=O) groups is 1. The molecule has 0 saturated heterocycles. The normalized spacial score (nSPS) is 15.5. The molecule has 3 N–H and O–H groups in total. The zero-order chi connectivity index (χ0) is 9.84. The van der Waals surface area contributed by atoms with Crippen LogP contribution in [0.5, 0.6) is 0 Å². The van der Waals surface area contributed by atoms with Gasteiger partial charge in [0.15, 0.2) is 11.5 Å². The van der Waals surface area contributed by atoms with Gasteiger partial charge in [-0.15, -0.1) is 5.73 Å². The fourth-order valence-corrected chi connectivity index (χ4v) is 0.864. The molecular formula is C9H8O4. The second kappa shape index (κ2) is 3.65. The van der Waals surface area contributed by atoms with E-state index >= 15 is 0 Å². The van der Waals surface area contributed by atoms with Crippen LogP contribution in [-0.4, -0.2) is 21.3 Å². The van der Waals surface area contributed by atoms with E-state index in [4.69, 9.17) is 15.3 Å². The number of rotatable bonds is 1. The highest BCUT2D eigenvalue weighted by molar-refractivity contribution is 5.79. The number of carboxylic acids is 1. The number of aliphatic carboxylic acids is 1. The average molecular weight is 180 g/mol. The minimum Gasteiger partial charge on any atom is -0.504 e. The van der Waals surface area contributed by atoms with Crippen LogP contribution in [0.4, 0.5) is 0 Å². The van der Waals surface area contributed by atoms with Crippen molar-refractivity contribution in [3.05, 3.63) is 41.1 Å². The number of aliphatic hydroxyl groups excluding tert-OH is 2.